The van der Waals surface area contributed by atoms with Crippen LogP contribution in [0.2, 0.25) is 0 Å². The molecule has 4 nitrogen and oxygen atoms in total. The molecule has 1 N–H and O–H groups in total. The van der Waals surface area contributed by atoms with E-state index in [-0.39, 0.29) is 17.1 Å². The first-order chi connectivity index (χ1) is 9.24. The van der Waals surface area contributed by atoms with Gasteiger partial charge in [-0.3, -0.25) is 4.79 Å². The maximum Gasteiger partial charge on any atom is 0.438 e. The molecule has 7 heteroatoms. The molecule has 1 unspecified atom stereocenters. The number of hydrogen-bond donors (Lipinski definition) is 1. The highest BCUT2D eigenvalue weighted by atomic mass is 19.4. The quantitative estimate of drug-likeness (QED) is 0.905. The molecule has 108 valence electrons. The molecule has 0 saturated carbocycles. The third-order valence-electron chi connectivity index (χ3n) is 3.01. The normalized spacial score (nSPS) is 22.9. The highest BCUT2D eigenvalue weighted by molar-refractivity contribution is 5.89. The summed E-state index contributed by atoms with van der Waals surface area (Å²) in [5.41, 5.74) is -2.63. The maximum absolute atomic E-state index is 13.0. The zero-order valence-electron chi connectivity index (χ0n) is 10.7. The molecule has 1 aliphatic rings. The van der Waals surface area contributed by atoms with E-state index in [4.69, 9.17) is 0 Å². The Hall–Kier alpha value is -1.89. The minimum atomic E-state index is -4.96. The van der Waals surface area contributed by atoms with Gasteiger partial charge in [0, 0.05) is 12.1 Å². The summed E-state index contributed by atoms with van der Waals surface area (Å²) in [6.45, 7) is 1.34. The molecule has 0 bridgehead atoms. The Labute approximate surface area is 113 Å². The second-order valence-corrected chi connectivity index (χ2v) is 4.69. The van der Waals surface area contributed by atoms with Gasteiger partial charge in [0.2, 0.25) is 5.91 Å². The number of rotatable bonds is 2. The van der Waals surface area contributed by atoms with Crippen LogP contribution in [0.5, 0.6) is 0 Å². The first kappa shape index (κ1) is 14.5. The summed E-state index contributed by atoms with van der Waals surface area (Å²) >= 11 is 0. The molecule has 0 aliphatic carbocycles. The van der Waals surface area contributed by atoms with Crippen molar-refractivity contribution in [1.29, 1.82) is 0 Å². The van der Waals surface area contributed by atoms with Crippen LogP contribution >= 0.6 is 0 Å². The SMILES string of the molecule is CC1=NN(C(=O)Cc2ccccc2)C(O)(C(F)(F)F)C1. The lowest BCUT2D eigenvalue weighted by Crippen LogP contribution is -2.57. The van der Waals surface area contributed by atoms with E-state index in [1.165, 1.54) is 6.92 Å². The van der Waals surface area contributed by atoms with E-state index in [2.05, 4.69) is 5.10 Å². The van der Waals surface area contributed by atoms with Gasteiger partial charge in [-0.15, -0.1) is 0 Å². The molecular formula is C13H13F3N2O2. The average Bonchev–Trinajstić information content (AvgIpc) is 2.67. The fourth-order valence-corrected chi connectivity index (χ4v) is 2.05. The number of carbonyl (C=O) groups excluding carboxylic acids is 1. The lowest BCUT2D eigenvalue weighted by molar-refractivity contribution is -0.302. The van der Waals surface area contributed by atoms with E-state index in [1.807, 2.05) is 0 Å². The van der Waals surface area contributed by atoms with Crippen molar-refractivity contribution in [3.05, 3.63) is 35.9 Å². The molecule has 1 heterocycles. The first-order valence-electron chi connectivity index (χ1n) is 5.94. The van der Waals surface area contributed by atoms with Gasteiger partial charge in [-0.2, -0.15) is 23.3 Å². The Kier molecular flexibility index (Phi) is 3.56. The van der Waals surface area contributed by atoms with E-state index in [0.717, 1.165) is 0 Å². The predicted octanol–water partition coefficient (Wildman–Crippen LogP) is 2.09. The van der Waals surface area contributed by atoms with Crippen LogP contribution in [0.3, 0.4) is 0 Å². The second-order valence-electron chi connectivity index (χ2n) is 4.69. The van der Waals surface area contributed by atoms with Gasteiger partial charge in [0.1, 0.15) is 0 Å². The Morgan fingerprint density at radius 2 is 2.00 bits per heavy atom. The average molecular weight is 286 g/mol. The smallest absolute Gasteiger partial charge is 0.362 e. The van der Waals surface area contributed by atoms with Gasteiger partial charge in [-0.1, -0.05) is 30.3 Å². The van der Waals surface area contributed by atoms with Gasteiger partial charge in [0.25, 0.3) is 5.72 Å². The van der Waals surface area contributed by atoms with E-state index in [9.17, 15) is 23.1 Å². The number of aliphatic hydroxyl groups is 1. The number of benzene rings is 1. The minimum Gasteiger partial charge on any atom is -0.362 e. The molecule has 0 spiro atoms. The second kappa shape index (κ2) is 4.90. The molecule has 2 rings (SSSR count). The molecule has 20 heavy (non-hydrogen) atoms. The van der Waals surface area contributed by atoms with E-state index >= 15 is 0 Å². The lowest BCUT2D eigenvalue weighted by atomic mass is 10.1. The van der Waals surface area contributed by atoms with Crippen molar-refractivity contribution in [3.8, 4) is 0 Å². The summed E-state index contributed by atoms with van der Waals surface area (Å²) in [5, 5.41) is 13.5. The van der Waals surface area contributed by atoms with Crippen LogP contribution in [-0.4, -0.2) is 33.6 Å². The summed E-state index contributed by atoms with van der Waals surface area (Å²) in [4.78, 5) is 12.0. The van der Waals surface area contributed by atoms with Crippen LogP contribution in [0.25, 0.3) is 0 Å². The highest BCUT2D eigenvalue weighted by Crippen LogP contribution is 2.40. The number of hydrogen-bond acceptors (Lipinski definition) is 3. The van der Waals surface area contributed by atoms with Gasteiger partial charge < -0.3 is 5.11 Å². The van der Waals surface area contributed by atoms with Crippen LogP contribution < -0.4 is 0 Å². The Balaban J connectivity index is 2.23. The Morgan fingerprint density at radius 1 is 1.40 bits per heavy atom. The van der Waals surface area contributed by atoms with Crippen LogP contribution in [-0.2, 0) is 11.2 Å². The molecule has 1 aliphatic heterocycles. The predicted molar refractivity (Wildman–Crippen MR) is 65.7 cm³/mol. The summed E-state index contributed by atoms with van der Waals surface area (Å²) in [5.74, 6) is -0.895. The van der Waals surface area contributed by atoms with Crippen molar-refractivity contribution < 1.29 is 23.1 Å². The highest BCUT2D eigenvalue weighted by Gasteiger charge is 2.62. The molecule has 1 aromatic carbocycles. The van der Waals surface area contributed by atoms with Crippen molar-refractivity contribution in [2.75, 3.05) is 0 Å². The number of alkyl halides is 3. The Bertz CT molecular complexity index is 542. The zero-order chi connectivity index (χ0) is 15.0. The van der Waals surface area contributed by atoms with Crippen molar-refractivity contribution in [2.24, 2.45) is 5.10 Å². The molecule has 0 radical (unpaired) electrons. The van der Waals surface area contributed by atoms with E-state index < -0.39 is 24.2 Å². The fraction of sp³-hybridized carbons (Fsp3) is 0.385. The van der Waals surface area contributed by atoms with Gasteiger partial charge in [-0.25, -0.2) is 0 Å². The van der Waals surface area contributed by atoms with Crippen molar-refractivity contribution in [3.63, 3.8) is 0 Å². The molecule has 0 fully saturated rings. The number of carbonyl (C=O) groups is 1. The number of hydrazone groups is 1. The number of halogens is 3. The molecule has 1 amide bonds. The molecule has 1 aromatic rings. The standard InChI is InChI=1S/C13H13F3N2O2/c1-9-8-12(20,13(14,15)16)18(17-9)11(19)7-10-5-3-2-4-6-10/h2-6,20H,7-8H2,1H3. The third-order valence-corrected chi connectivity index (χ3v) is 3.01. The Morgan fingerprint density at radius 3 is 2.55 bits per heavy atom. The monoisotopic (exact) mass is 286 g/mol. The zero-order valence-corrected chi connectivity index (χ0v) is 10.7. The molecular weight excluding hydrogens is 273 g/mol. The molecule has 1 atom stereocenters. The van der Waals surface area contributed by atoms with Crippen molar-refractivity contribution in [1.82, 2.24) is 5.01 Å². The number of nitrogens with zero attached hydrogens (tertiary/aromatic N) is 2. The maximum atomic E-state index is 13.0. The molecule has 0 saturated heterocycles. The molecule has 0 aromatic heterocycles. The first-order valence-corrected chi connectivity index (χ1v) is 5.94. The van der Waals surface area contributed by atoms with Gasteiger partial charge in [0.15, 0.2) is 0 Å². The topological polar surface area (TPSA) is 52.9 Å². The van der Waals surface area contributed by atoms with Gasteiger partial charge in [0.05, 0.1) is 6.42 Å². The van der Waals surface area contributed by atoms with Crippen molar-refractivity contribution >= 4 is 11.6 Å². The summed E-state index contributed by atoms with van der Waals surface area (Å²) in [6.07, 6.45) is -5.94. The van der Waals surface area contributed by atoms with E-state index in [0.29, 0.717) is 5.56 Å². The lowest BCUT2D eigenvalue weighted by Gasteiger charge is -2.32. The van der Waals surface area contributed by atoms with Crippen LogP contribution in [0.1, 0.15) is 18.9 Å². The summed E-state index contributed by atoms with van der Waals surface area (Å²) in [7, 11) is 0. The summed E-state index contributed by atoms with van der Waals surface area (Å²) in [6, 6.07) is 8.33. The third kappa shape index (κ3) is 2.53. The van der Waals surface area contributed by atoms with Crippen molar-refractivity contribution in [2.45, 2.75) is 31.7 Å². The van der Waals surface area contributed by atoms with Crippen LogP contribution in [0.15, 0.2) is 35.4 Å². The van der Waals surface area contributed by atoms with Crippen LogP contribution in [0.4, 0.5) is 13.2 Å². The van der Waals surface area contributed by atoms with Gasteiger partial charge >= 0.3 is 6.18 Å². The van der Waals surface area contributed by atoms with Gasteiger partial charge in [-0.05, 0) is 12.5 Å². The fourth-order valence-electron chi connectivity index (χ4n) is 2.05. The minimum absolute atomic E-state index is 0.0613. The van der Waals surface area contributed by atoms with Crippen LogP contribution in [0, 0.1) is 0 Å². The summed E-state index contributed by atoms with van der Waals surface area (Å²) < 4.78 is 38.9. The number of amides is 1. The van der Waals surface area contributed by atoms with E-state index in [1.54, 1.807) is 30.3 Å². The largest absolute Gasteiger partial charge is 0.438 e.